The van der Waals surface area contributed by atoms with Gasteiger partial charge in [0, 0.05) is 48.7 Å². The summed E-state index contributed by atoms with van der Waals surface area (Å²) in [5.74, 6) is -25.8. The lowest BCUT2D eigenvalue weighted by Crippen LogP contribution is -2.64. The topological polar surface area (TPSA) is 166 Å². The third kappa shape index (κ3) is 12.5. The molecule has 3 aliphatic heterocycles. The number of carbonyl (C=O) groups excluding carboxylic acids is 2. The lowest BCUT2D eigenvalue weighted by atomic mass is 9.79. The highest BCUT2D eigenvalue weighted by Crippen LogP contribution is 2.63. The van der Waals surface area contributed by atoms with Crippen LogP contribution in [-0.4, -0.2) is 114 Å². The van der Waals surface area contributed by atoms with Crippen LogP contribution in [0.1, 0.15) is 97.5 Å². The lowest BCUT2D eigenvalue weighted by molar-refractivity contribution is -0.402. The largest absolute Gasteiger partial charge is 0.490 e. The number of esters is 2. The van der Waals surface area contributed by atoms with Gasteiger partial charge in [0.25, 0.3) is 5.66 Å². The van der Waals surface area contributed by atoms with Gasteiger partial charge in [0.2, 0.25) is 5.76 Å². The number of aliphatic hydroxyl groups excluding tert-OH is 3. The number of hydrogen-bond acceptors (Lipinski definition) is 12. The summed E-state index contributed by atoms with van der Waals surface area (Å²) in [4.78, 5) is 27.5. The van der Waals surface area contributed by atoms with Crippen molar-refractivity contribution in [2.24, 2.45) is 45.7 Å². The molecule has 1 saturated heterocycles. The van der Waals surface area contributed by atoms with Crippen molar-refractivity contribution < 1.29 is 88.1 Å². The number of ether oxygens (including phenoxy) is 5. The zero-order chi connectivity index (χ0) is 54.5. The fraction of sp³-hybridized carbons (Fsp3) is 0.647. The van der Waals surface area contributed by atoms with E-state index in [-0.39, 0.29) is 23.7 Å². The van der Waals surface area contributed by atoms with E-state index in [1.807, 2.05) is 33.8 Å². The van der Waals surface area contributed by atoms with E-state index >= 15 is 8.78 Å². The van der Waals surface area contributed by atoms with Crippen LogP contribution in [0.5, 0.6) is 0 Å². The van der Waals surface area contributed by atoms with E-state index in [4.69, 9.17) is 23.7 Å². The average molecular weight is 1040 g/mol. The highest BCUT2D eigenvalue weighted by atomic mass is 19.4. The molecule has 0 spiro atoms. The Kier molecular flexibility index (Phi) is 19.8. The summed E-state index contributed by atoms with van der Waals surface area (Å²) in [5.41, 5.74) is -3.70. The number of carbonyl (C=O) groups is 2. The van der Waals surface area contributed by atoms with Gasteiger partial charge in [-0.25, -0.2) is 9.59 Å². The summed E-state index contributed by atoms with van der Waals surface area (Å²) < 4.78 is 155. The van der Waals surface area contributed by atoms with Crippen LogP contribution >= 0.6 is 0 Å². The Morgan fingerprint density at radius 2 is 1.56 bits per heavy atom. The maximum atomic E-state index is 15.0. The van der Waals surface area contributed by atoms with Gasteiger partial charge >= 0.3 is 35.9 Å². The van der Waals surface area contributed by atoms with Gasteiger partial charge < -0.3 is 39.0 Å². The molecule has 21 heteroatoms. The second-order valence-corrected chi connectivity index (χ2v) is 19.3. The summed E-state index contributed by atoms with van der Waals surface area (Å²) >= 11 is 0. The minimum absolute atomic E-state index is 0.0247. The van der Waals surface area contributed by atoms with Gasteiger partial charge in [-0.1, -0.05) is 101 Å². The summed E-state index contributed by atoms with van der Waals surface area (Å²) in [5, 5.41) is 40.4. The highest BCUT2D eigenvalue weighted by Gasteiger charge is 2.88. The van der Waals surface area contributed by atoms with E-state index < -0.39 is 126 Å². The summed E-state index contributed by atoms with van der Waals surface area (Å²) in [6.45, 7) is 16.0. The molecule has 1 fully saturated rings. The number of methoxy groups -OCH3 is 2. The van der Waals surface area contributed by atoms with Crippen LogP contribution in [0.25, 0.3) is 0 Å². The predicted molar refractivity (Wildman–Crippen MR) is 246 cm³/mol. The van der Waals surface area contributed by atoms with E-state index in [0.29, 0.717) is 30.5 Å². The van der Waals surface area contributed by atoms with Gasteiger partial charge in [-0.15, -0.1) is 10.2 Å². The van der Waals surface area contributed by atoms with Crippen molar-refractivity contribution in [3.8, 4) is 0 Å². The summed E-state index contributed by atoms with van der Waals surface area (Å²) in [7, 11) is 2.69. The van der Waals surface area contributed by atoms with Gasteiger partial charge in [-0.3, -0.25) is 0 Å². The third-order valence-corrected chi connectivity index (χ3v) is 14.1. The van der Waals surface area contributed by atoms with Crippen molar-refractivity contribution in [1.82, 2.24) is 0 Å². The molecule has 3 N–H and O–H groups in total. The molecule has 72 heavy (non-hydrogen) atoms. The molecule has 0 unspecified atom stereocenters. The van der Waals surface area contributed by atoms with Crippen LogP contribution in [-0.2, 0) is 34.1 Å². The zero-order valence-corrected chi connectivity index (χ0v) is 42.1. The van der Waals surface area contributed by atoms with Crippen LogP contribution < -0.4 is 0 Å². The van der Waals surface area contributed by atoms with Crippen LogP contribution in [0.2, 0.25) is 0 Å². The van der Waals surface area contributed by atoms with Crippen LogP contribution in [0, 0.1) is 35.5 Å². The zero-order valence-electron chi connectivity index (χ0n) is 42.1. The smallest absolute Gasteiger partial charge is 0.460 e. The predicted octanol–water partition coefficient (Wildman–Crippen LogP) is 10.6. The second-order valence-electron chi connectivity index (χ2n) is 19.3. The normalized spacial score (nSPS) is 33.3. The Labute approximate surface area is 414 Å². The second kappa shape index (κ2) is 23.7. The number of benzene rings is 1. The first-order valence-corrected chi connectivity index (χ1v) is 23.7. The monoisotopic (exact) mass is 1040 g/mol. The van der Waals surface area contributed by atoms with E-state index in [1.54, 1.807) is 65.0 Å². The molecular formula is C51H67F9N2O10. The first-order valence-electron chi connectivity index (χ1n) is 23.7. The van der Waals surface area contributed by atoms with E-state index in [9.17, 15) is 55.6 Å². The Balaban J connectivity index is 1.62. The van der Waals surface area contributed by atoms with E-state index in [1.165, 1.54) is 20.3 Å². The van der Waals surface area contributed by atoms with Gasteiger partial charge in [0.15, 0.2) is 0 Å². The molecule has 0 bridgehead atoms. The molecule has 1 aromatic rings. The molecule has 14 atom stereocenters. The van der Waals surface area contributed by atoms with Gasteiger partial charge in [-0.2, -0.15) is 39.5 Å². The number of cyclic esters (lactones) is 1. The van der Waals surface area contributed by atoms with Crippen LogP contribution in [0.3, 0.4) is 0 Å². The standard InChI is InChI=1S/C51H67F9N2O10/c1-12-15-36-30(7)38(71-45(66)33-18-20-34(21-19-33)47(61-62-47)48(52,53)49(54,55)50(56,57)51(58,59)60)25-39(70-36)31(8)43(65)32(9)44-37(68-10)17-14-16-26(3)22-28(5)41(63)35(13-2)42(64)29(6)23-27(4)24-40(69-11)46(67)72-44/h12,14-21,23-24,28-32,35-39,41-44,63-65H,13,22,25H2,1-11H3/b15-12+,17-14+,26-16+,27-23+,40-24-/t28-,29-,30-,31-,32+,35+,36-,37+,38-,39-,41+,42-,43+,44-/m1/s1. The molecular weight excluding hydrogens is 972 g/mol. The Bertz CT molecular complexity index is 2210. The molecule has 3 heterocycles. The van der Waals surface area contributed by atoms with Crippen molar-refractivity contribution in [2.45, 2.75) is 160 Å². The molecule has 0 aromatic heterocycles. The lowest BCUT2D eigenvalue weighted by Gasteiger charge is -2.43. The van der Waals surface area contributed by atoms with Gasteiger partial charge in [0.1, 0.15) is 18.3 Å². The first-order chi connectivity index (χ1) is 33.4. The maximum Gasteiger partial charge on any atom is 0.460 e. The summed E-state index contributed by atoms with van der Waals surface area (Å²) in [6, 6.07) is 2.84. The van der Waals surface area contributed by atoms with Crippen molar-refractivity contribution in [2.75, 3.05) is 14.2 Å². The molecule has 0 amide bonds. The molecule has 404 valence electrons. The number of aliphatic hydroxyl groups is 3. The quantitative estimate of drug-likeness (QED) is 0.0928. The number of hydrogen-bond donors (Lipinski definition) is 3. The fourth-order valence-electron chi connectivity index (χ4n) is 9.41. The molecule has 4 rings (SSSR count). The number of rotatable bonds is 14. The third-order valence-electron chi connectivity index (χ3n) is 14.1. The molecule has 3 aliphatic rings. The van der Waals surface area contributed by atoms with Crippen molar-refractivity contribution in [1.29, 1.82) is 0 Å². The molecule has 0 radical (unpaired) electrons. The minimum Gasteiger partial charge on any atom is -0.490 e. The Morgan fingerprint density at radius 3 is 2.08 bits per heavy atom. The minimum atomic E-state index is -7.17. The van der Waals surface area contributed by atoms with Gasteiger partial charge in [-0.05, 0) is 57.7 Å². The van der Waals surface area contributed by atoms with Crippen molar-refractivity contribution in [3.63, 3.8) is 0 Å². The van der Waals surface area contributed by atoms with Crippen LogP contribution in [0.4, 0.5) is 39.5 Å². The molecule has 0 aliphatic carbocycles. The van der Waals surface area contributed by atoms with Gasteiger partial charge in [0.05, 0.1) is 43.2 Å². The highest BCUT2D eigenvalue weighted by molar-refractivity contribution is 5.89. The number of halogens is 9. The fourth-order valence-corrected chi connectivity index (χ4v) is 9.41. The molecule has 1 aromatic carbocycles. The van der Waals surface area contributed by atoms with Crippen molar-refractivity contribution in [3.05, 3.63) is 94.8 Å². The summed E-state index contributed by atoms with van der Waals surface area (Å²) in [6.07, 6.45) is -1.93. The van der Waals surface area contributed by atoms with E-state index in [0.717, 1.165) is 17.7 Å². The first kappa shape index (κ1) is 60.0. The molecule has 0 saturated carbocycles. The van der Waals surface area contributed by atoms with E-state index in [2.05, 4.69) is 10.2 Å². The number of allylic oxidation sites excluding steroid dienone is 6. The van der Waals surface area contributed by atoms with Crippen molar-refractivity contribution >= 4 is 11.9 Å². The average Bonchev–Trinajstić information content (AvgIpc) is 4.14. The molecule has 12 nitrogen and oxygen atoms in total. The number of nitrogens with zero attached hydrogens (tertiary/aromatic N) is 2. The Morgan fingerprint density at radius 1 is 0.944 bits per heavy atom. The number of alkyl halides is 9. The Hall–Kier alpha value is -4.57. The van der Waals surface area contributed by atoms with Crippen LogP contribution in [0.15, 0.2) is 93.9 Å². The maximum absolute atomic E-state index is 15.0. The SMILES string of the molecule is C/C=C/[C@H]1O[C@@H]([C@@H](C)[C@H](O)[C@H](C)[C@H]2OC(=O)/C(OC)=C/C(C)=C/[C@@H](C)[C@@H](O)[C@@H](CC)[C@@H](O)[C@H](C)C/C(C)=C/C=C/[C@@H]2OC)C[C@@H](OC(=O)c2ccc(C3(C(F)(F)C(F)(F)C(F)(F)C(F)(F)F)N=N3)cc2)[C@@H]1C.